The lowest BCUT2D eigenvalue weighted by Gasteiger charge is -2.28. The summed E-state index contributed by atoms with van der Waals surface area (Å²) in [4.78, 5) is 29.9. The first-order valence-electron chi connectivity index (χ1n) is 10.9. The lowest BCUT2D eigenvalue weighted by atomic mass is 10.0. The molecule has 0 atom stereocenters. The number of ether oxygens (including phenoxy) is 1. The van der Waals surface area contributed by atoms with Crippen LogP contribution in [0.3, 0.4) is 0 Å². The Morgan fingerprint density at radius 1 is 1.06 bits per heavy atom. The number of benzene rings is 2. The molecule has 0 aliphatic carbocycles. The SMILES string of the molecule is CCN(CCCN1CCOCC1)C(=O)c1cccc(-c2cc3ccccc3oc2=O)c1. The van der Waals surface area contributed by atoms with Gasteiger partial charge in [-0.25, -0.2) is 4.79 Å². The lowest BCUT2D eigenvalue weighted by Crippen LogP contribution is -2.39. The van der Waals surface area contributed by atoms with Crippen LogP contribution in [-0.4, -0.2) is 61.6 Å². The highest BCUT2D eigenvalue weighted by atomic mass is 16.5. The van der Waals surface area contributed by atoms with E-state index in [0.29, 0.717) is 35.4 Å². The number of hydrogen-bond acceptors (Lipinski definition) is 5. The molecule has 6 heteroatoms. The molecule has 0 radical (unpaired) electrons. The average Bonchev–Trinajstić information content (AvgIpc) is 2.82. The van der Waals surface area contributed by atoms with E-state index in [1.54, 1.807) is 18.2 Å². The molecule has 31 heavy (non-hydrogen) atoms. The van der Waals surface area contributed by atoms with Crippen molar-refractivity contribution in [1.82, 2.24) is 9.80 Å². The molecule has 0 spiro atoms. The van der Waals surface area contributed by atoms with Gasteiger partial charge in [-0.15, -0.1) is 0 Å². The van der Waals surface area contributed by atoms with Crippen LogP contribution < -0.4 is 5.63 Å². The molecule has 1 saturated heterocycles. The summed E-state index contributed by atoms with van der Waals surface area (Å²) in [5.41, 5.74) is 1.89. The molecule has 0 saturated carbocycles. The number of carbonyl (C=O) groups is 1. The fourth-order valence-corrected chi connectivity index (χ4v) is 3.98. The van der Waals surface area contributed by atoms with Gasteiger partial charge in [-0.2, -0.15) is 0 Å². The number of amides is 1. The third-order valence-electron chi connectivity index (χ3n) is 5.74. The van der Waals surface area contributed by atoms with Crippen molar-refractivity contribution in [3.05, 3.63) is 70.6 Å². The topological polar surface area (TPSA) is 63.0 Å². The lowest BCUT2D eigenvalue weighted by molar-refractivity contribution is 0.0358. The monoisotopic (exact) mass is 420 g/mol. The molecule has 1 aliphatic heterocycles. The zero-order valence-corrected chi connectivity index (χ0v) is 17.9. The number of fused-ring (bicyclic) bond motifs is 1. The predicted molar refractivity (Wildman–Crippen MR) is 121 cm³/mol. The second-order valence-corrected chi connectivity index (χ2v) is 7.76. The summed E-state index contributed by atoms with van der Waals surface area (Å²) < 4.78 is 10.9. The van der Waals surface area contributed by atoms with Crippen LogP contribution in [0.2, 0.25) is 0 Å². The first-order chi connectivity index (χ1) is 15.2. The van der Waals surface area contributed by atoms with E-state index < -0.39 is 5.63 Å². The third kappa shape index (κ3) is 5.03. The Kier molecular flexibility index (Phi) is 6.79. The van der Waals surface area contributed by atoms with Crippen LogP contribution in [0.5, 0.6) is 0 Å². The quantitative estimate of drug-likeness (QED) is 0.546. The summed E-state index contributed by atoms with van der Waals surface area (Å²) in [6.07, 6.45) is 0.924. The first kappa shape index (κ1) is 21.3. The minimum Gasteiger partial charge on any atom is -0.422 e. The van der Waals surface area contributed by atoms with Crippen molar-refractivity contribution in [2.24, 2.45) is 0 Å². The van der Waals surface area contributed by atoms with Crippen LogP contribution in [0.15, 0.2) is 63.8 Å². The van der Waals surface area contributed by atoms with E-state index in [9.17, 15) is 9.59 Å². The Morgan fingerprint density at radius 2 is 1.87 bits per heavy atom. The highest BCUT2D eigenvalue weighted by Crippen LogP contribution is 2.22. The molecule has 1 aliphatic rings. The zero-order valence-electron chi connectivity index (χ0n) is 17.9. The van der Waals surface area contributed by atoms with E-state index in [4.69, 9.17) is 9.15 Å². The van der Waals surface area contributed by atoms with Crippen LogP contribution in [0.4, 0.5) is 0 Å². The van der Waals surface area contributed by atoms with E-state index in [1.807, 2.05) is 48.2 Å². The second-order valence-electron chi connectivity index (χ2n) is 7.76. The predicted octanol–water partition coefficient (Wildman–Crippen LogP) is 3.64. The van der Waals surface area contributed by atoms with Gasteiger partial charge in [-0.3, -0.25) is 9.69 Å². The van der Waals surface area contributed by atoms with Crippen molar-refractivity contribution >= 4 is 16.9 Å². The van der Waals surface area contributed by atoms with Crippen molar-refractivity contribution in [3.8, 4) is 11.1 Å². The standard InChI is InChI=1S/C25H28N2O4/c1-2-27(12-6-11-26-13-15-30-16-14-26)24(28)21-9-5-8-19(17-21)22-18-20-7-3-4-10-23(20)31-25(22)29/h3-5,7-10,17-18H,2,6,11-16H2,1H3. The van der Waals surface area contributed by atoms with Crippen LogP contribution in [0.25, 0.3) is 22.1 Å². The fourth-order valence-electron chi connectivity index (χ4n) is 3.98. The van der Waals surface area contributed by atoms with Gasteiger partial charge in [0.25, 0.3) is 5.91 Å². The molecule has 2 aromatic carbocycles. The van der Waals surface area contributed by atoms with Crippen LogP contribution in [0, 0.1) is 0 Å². The molecule has 0 unspecified atom stereocenters. The largest absolute Gasteiger partial charge is 0.422 e. The Labute approximate surface area is 182 Å². The third-order valence-corrected chi connectivity index (χ3v) is 5.74. The van der Waals surface area contributed by atoms with E-state index in [-0.39, 0.29) is 5.91 Å². The molecule has 0 bridgehead atoms. The number of carbonyl (C=O) groups excluding carboxylic acids is 1. The number of morpholine rings is 1. The van der Waals surface area contributed by atoms with Crippen molar-refractivity contribution in [3.63, 3.8) is 0 Å². The molecular weight excluding hydrogens is 392 g/mol. The van der Waals surface area contributed by atoms with Gasteiger partial charge in [-0.05, 0) is 43.2 Å². The number of hydrogen-bond donors (Lipinski definition) is 0. The molecule has 162 valence electrons. The Hall–Kier alpha value is -2.96. The first-order valence-corrected chi connectivity index (χ1v) is 10.9. The minimum atomic E-state index is -0.402. The van der Waals surface area contributed by atoms with Crippen molar-refractivity contribution in [1.29, 1.82) is 0 Å². The molecule has 6 nitrogen and oxygen atoms in total. The molecule has 3 aromatic rings. The molecule has 1 amide bonds. The molecule has 1 aromatic heterocycles. The van der Waals surface area contributed by atoms with Gasteiger partial charge in [0, 0.05) is 43.7 Å². The normalized spacial score (nSPS) is 14.6. The van der Waals surface area contributed by atoms with Crippen LogP contribution in [0.1, 0.15) is 23.7 Å². The molecule has 0 N–H and O–H groups in total. The van der Waals surface area contributed by atoms with Gasteiger partial charge in [0.15, 0.2) is 0 Å². The summed E-state index contributed by atoms with van der Waals surface area (Å²) in [6.45, 7) is 7.78. The Bertz CT molecular complexity index is 1100. The van der Waals surface area contributed by atoms with Crippen molar-refractivity contribution in [2.75, 3.05) is 45.9 Å². The van der Waals surface area contributed by atoms with E-state index in [1.165, 1.54) is 0 Å². The minimum absolute atomic E-state index is 0.0171. The second kappa shape index (κ2) is 9.90. The van der Waals surface area contributed by atoms with Crippen molar-refractivity contribution in [2.45, 2.75) is 13.3 Å². The number of para-hydroxylation sites is 1. The molecule has 1 fully saturated rings. The summed E-state index contributed by atoms with van der Waals surface area (Å²) >= 11 is 0. The fraction of sp³-hybridized carbons (Fsp3) is 0.360. The van der Waals surface area contributed by atoms with Crippen molar-refractivity contribution < 1.29 is 13.9 Å². The number of rotatable bonds is 7. The highest BCUT2D eigenvalue weighted by Gasteiger charge is 2.17. The summed E-state index contributed by atoms with van der Waals surface area (Å²) in [6, 6.07) is 16.5. The summed E-state index contributed by atoms with van der Waals surface area (Å²) in [5.74, 6) is -0.0171. The maximum Gasteiger partial charge on any atom is 0.344 e. The zero-order chi connectivity index (χ0) is 21.6. The average molecular weight is 421 g/mol. The summed E-state index contributed by atoms with van der Waals surface area (Å²) in [7, 11) is 0. The number of nitrogens with zero attached hydrogens (tertiary/aromatic N) is 2. The molecule has 2 heterocycles. The van der Waals surface area contributed by atoms with Crippen LogP contribution in [-0.2, 0) is 4.74 Å². The summed E-state index contributed by atoms with van der Waals surface area (Å²) in [5, 5.41) is 0.854. The smallest absolute Gasteiger partial charge is 0.344 e. The van der Waals surface area contributed by atoms with E-state index in [2.05, 4.69) is 4.90 Å². The Balaban J connectivity index is 1.49. The van der Waals surface area contributed by atoms with Gasteiger partial charge in [0.2, 0.25) is 0 Å². The maximum absolute atomic E-state index is 13.1. The molecular formula is C25H28N2O4. The molecule has 4 rings (SSSR count). The highest BCUT2D eigenvalue weighted by molar-refractivity contribution is 5.95. The van der Waals surface area contributed by atoms with E-state index in [0.717, 1.165) is 44.7 Å². The maximum atomic E-state index is 13.1. The van der Waals surface area contributed by atoms with Crippen LogP contribution >= 0.6 is 0 Å². The Morgan fingerprint density at radius 3 is 2.68 bits per heavy atom. The van der Waals surface area contributed by atoms with E-state index >= 15 is 0 Å². The van der Waals surface area contributed by atoms with Gasteiger partial charge in [0.05, 0.1) is 18.8 Å². The van der Waals surface area contributed by atoms with Gasteiger partial charge in [-0.1, -0.05) is 30.3 Å². The van der Waals surface area contributed by atoms with Gasteiger partial charge in [0.1, 0.15) is 5.58 Å². The van der Waals surface area contributed by atoms with Gasteiger partial charge >= 0.3 is 5.63 Å². The van der Waals surface area contributed by atoms with Gasteiger partial charge < -0.3 is 14.1 Å².